The largest absolute Gasteiger partial charge is 0.354 e. The Hall–Kier alpha value is -1.04. The number of thioether (sulfide) groups is 1. The highest BCUT2D eigenvalue weighted by Crippen LogP contribution is 2.31. The third-order valence-corrected chi connectivity index (χ3v) is 4.58. The van der Waals surface area contributed by atoms with E-state index in [1.807, 2.05) is 0 Å². The average Bonchev–Trinajstić information content (AvgIpc) is 3.30. The zero-order chi connectivity index (χ0) is 15.2. The summed E-state index contributed by atoms with van der Waals surface area (Å²) in [6.07, 6.45) is 2.34. The molecule has 0 saturated heterocycles. The maximum absolute atomic E-state index is 11.9. The highest BCUT2D eigenvalue weighted by atomic mass is 35.5. The molecular weight excluding hydrogens is 308 g/mol. The maximum Gasteiger partial charge on any atom is 0.230 e. The molecule has 6 heteroatoms. The number of halogens is 1. The molecule has 1 aliphatic carbocycles. The fraction of sp³-hybridized carbons (Fsp3) is 0.467. The monoisotopic (exact) mass is 326 g/mol. The van der Waals surface area contributed by atoms with Gasteiger partial charge in [-0.3, -0.25) is 9.59 Å². The lowest BCUT2D eigenvalue weighted by molar-refractivity contribution is -0.118. The van der Waals surface area contributed by atoms with Crippen LogP contribution in [0.5, 0.6) is 0 Å². The van der Waals surface area contributed by atoms with Gasteiger partial charge < -0.3 is 11.1 Å². The second kappa shape index (κ2) is 7.82. The number of nitrogens with two attached hydrogens (primary N) is 1. The van der Waals surface area contributed by atoms with Crippen LogP contribution in [0, 0.1) is 5.92 Å². The summed E-state index contributed by atoms with van der Waals surface area (Å²) in [4.78, 5) is 23.5. The molecule has 114 valence electrons. The smallest absolute Gasteiger partial charge is 0.230 e. The third kappa shape index (κ3) is 5.69. The van der Waals surface area contributed by atoms with E-state index in [0.29, 0.717) is 23.0 Å². The quantitative estimate of drug-likeness (QED) is 0.718. The van der Waals surface area contributed by atoms with Crippen LogP contribution < -0.4 is 11.1 Å². The van der Waals surface area contributed by atoms with Crippen LogP contribution in [0.3, 0.4) is 0 Å². The van der Waals surface area contributed by atoms with Crippen LogP contribution >= 0.6 is 23.4 Å². The van der Waals surface area contributed by atoms with Gasteiger partial charge in [0.2, 0.25) is 5.91 Å². The predicted molar refractivity (Wildman–Crippen MR) is 86.8 cm³/mol. The summed E-state index contributed by atoms with van der Waals surface area (Å²) in [6, 6.07) is 6.83. The fourth-order valence-corrected chi connectivity index (χ4v) is 2.80. The first-order valence-electron chi connectivity index (χ1n) is 6.95. The van der Waals surface area contributed by atoms with Gasteiger partial charge in [0.15, 0.2) is 5.78 Å². The number of nitrogens with one attached hydrogen (secondary N) is 1. The number of amides is 1. The number of benzene rings is 1. The number of hydrogen-bond donors (Lipinski definition) is 2. The lowest BCUT2D eigenvalue weighted by atomic mass is 10.1. The van der Waals surface area contributed by atoms with Crippen molar-refractivity contribution in [2.75, 3.05) is 18.1 Å². The van der Waals surface area contributed by atoms with Crippen LogP contribution in [0.4, 0.5) is 0 Å². The van der Waals surface area contributed by atoms with Gasteiger partial charge in [-0.2, -0.15) is 0 Å². The van der Waals surface area contributed by atoms with Crippen LogP contribution in [0.1, 0.15) is 23.2 Å². The molecule has 0 aliphatic heterocycles. The van der Waals surface area contributed by atoms with E-state index in [1.165, 1.54) is 24.6 Å². The zero-order valence-corrected chi connectivity index (χ0v) is 13.3. The Morgan fingerprint density at radius 2 is 1.95 bits per heavy atom. The van der Waals surface area contributed by atoms with Crippen molar-refractivity contribution >= 4 is 35.1 Å². The summed E-state index contributed by atoms with van der Waals surface area (Å²) in [5.41, 5.74) is 6.52. The normalized spacial score (nSPS) is 15.5. The Morgan fingerprint density at radius 3 is 2.57 bits per heavy atom. The molecule has 1 atom stereocenters. The molecule has 1 aromatic rings. The molecule has 0 heterocycles. The molecule has 1 aromatic carbocycles. The minimum atomic E-state index is -0.0694. The van der Waals surface area contributed by atoms with Crippen LogP contribution in [-0.2, 0) is 4.79 Å². The number of ketones is 1. The van der Waals surface area contributed by atoms with E-state index in [2.05, 4.69) is 5.32 Å². The molecule has 0 bridgehead atoms. The van der Waals surface area contributed by atoms with Crippen LogP contribution in [0.2, 0.25) is 5.02 Å². The lowest BCUT2D eigenvalue weighted by Crippen LogP contribution is -2.39. The van der Waals surface area contributed by atoms with Gasteiger partial charge in [0.25, 0.3) is 0 Å². The standard InChI is InChI=1S/C15H19ClN2O2S/c16-12-5-3-11(4-6-12)14(19)8-21-9-15(20)18-7-13(17)10-1-2-10/h3-6,10,13H,1-2,7-9,17H2,(H,18,20). The minimum Gasteiger partial charge on any atom is -0.354 e. The van der Waals surface area contributed by atoms with E-state index < -0.39 is 0 Å². The lowest BCUT2D eigenvalue weighted by Gasteiger charge is -2.11. The van der Waals surface area contributed by atoms with Gasteiger partial charge in [-0.05, 0) is 43.0 Å². The van der Waals surface area contributed by atoms with Gasteiger partial charge in [-0.15, -0.1) is 11.8 Å². The van der Waals surface area contributed by atoms with Crippen LogP contribution in [0.25, 0.3) is 0 Å². The van der Waals surface area contributed by atoms with Crippen molar-refractivity contribution in [1.29, 1.82) is 0 Å². The van der Waals surface area contributed by atoms with Gasteiger partial charge in [0, 0.05) is 23.2 Å². The van der Waals surface area contributed by atoms with E-state index in [9.17, 15) is 9.59 Å². The number of rotatable bonds is 8. The van der Waals surface area contributed by atoms with Gasteiger partial charge in [-0.1, -0.05) is 11.6 Å². The van der Waals surface area contributed by atoms with E-state index in [-0.39, 0.29) is 29.2 Å². The van der Waals surface area contributed by atoms with Crippen molar-refractivity contribution in [2.45, 2.75) is 18.9 Å². The average molecular weight is 327 g/mol. The van der Waals surface area contributed by atoms with E-state index in [0.717, 1.165) is 0 Å². The van der Waals surface area contributed by atoms with Crippen molar-refractivity contribution in [1.82, 2.24) is 5.32 Å². The molecule has 1 saturated carbocycles. The summed E-state index contributed by atoms with van der Waals surface area (Å²) in [5.74, 6) is 1.06. The SMILES string of the molecule is NC(CNC(=O)CSCC(=O)c1ccc(Cl)cc1)C1CC1. The Morgan fingerprint density at radius 1 is 1.29 bits per heavy atom. The molecular formula is C15H19ClN2O2S. The van der Waals surface area contributed by atoms with Gasteiger partial charge in [0.05, 0.1) is 11.5 Å². The molecule has 0 spiro atoms. The maximum atomic E-state index is 11.9. The Labute approximate surface area is 133 Å². The zero-order valence-electron chi connectivity index (χ0n) is 11.7. The van der Waals surface area contributed by atoms with Crippen molar-refractivity contribution < 1.29 is 9.59 Å². The predicted octanol–water partition coefficient (Wildman–Crippen LogP) is 2.11. The first-order valence-corrected chi connectivity index (χ1v) is 8.48. The van der Waals surface area contributed by atoms with E-state index >= 15 is 0 Å². The molecule has 1 amide bonds. The highest BCUT2D eigenvalue weighted by molar-refractivity contribution is 8.00. The van der Waals surface area contributed by atoms with Crippen LogP contribution in [0.15, 0.2) is 24.3 Å². The number of carbonyl (C=O) groups is 2. The van der Waals surface area contributed by atoms with Gasteiger partial charge in [-0.25, -0.2) is 0 Å². The number of Topliss-reactive ketones (excluding diaryl/α,β-unsaturated/α-hetero) is 1. The first kappa shape index (κ1) is 16.3. The van der Waals surface area contributed by atoms with Crippen LogP contribution in [-0.4, -0.2) is 35.8 Å². The molecule has 0 aromatic heterocycles. The first-order chi connectivity index (χ1) is 10.1. The van der Waals surface area contributed by atoms with E-state index in [4.69, 9.17) is 17.3 Å². The molecule has 1 aliphatic rings. The third-order valence-electron chi connectivity index (χ3n) is 3.39. The summed E-state index contributed by atoms with van der Waals surface area (Å²) in [5, 5.41) is 3.41. The Kier molecular flexibility index (Phi) is 6.08. The van der Waals surface area contributed by atoms with Crippen molar-refractivity contribution in [3.05, 3.63) is 34.9 Å². The Bertz CT molecular complexity index is 503. The second-order valence-corrected chi connectivity index (χ2v) is 6.65. The summed E-state index contributed by atoms with van der Waals surface area (Å²) in [6.45, 7) is 0.523. The molecule has 1 unspecified atom stereocenters. The molecule has 2 rings (SSSR count). The van der Waals surface area contributed by atoms with Crippen molar-refractivity contribution in [2.24, 2.45) is 11.7 Å². The number of carbonyl (C=O) groups excluding carboxylic acids is 2. The molecule has 0 radical (unpaired) electrons. The Balaban J connectivity index is 1.62. The minimum absolute atomic E-state index is 0.000788. The summed E-state index contributed by atoms with van der Waals surface area (Å²) in [7, 11) is 0. The van der Waals surface area contributed by atoms with Gasteiger partial charge >= 0.3 is 0 Å². The fourth-order valence-electron chi connectivity index (χ4n) is 1.93. The molecule has 21 heavy (non-hydrogen) atoms. The summed E-state index contributed by atoms with van der Waals surface area (Å²) < 4.78 is 0. The molecule has 3 N–H and O–H groups in total. The summed E-state index contributed by atoms with van der Waals surface area (Å²) >= 11 is 7.08. The van der Waals surface area contributed by atoms with E-state index in [1.54, 1.807) is 24.3 Å². The number of hydrogen-bond acceptors (Lipinski definition) is 4. The van der Waals surface area contributed by atoms with Gasteiger partial charge in [0.1, 0.15) is 0 Å². The van der Waals surface area contributed by atoms with Crippen molar-refractivity contribution in [3.8, 4) is 0 Å². The molecule has 1 fully saturated rings. The van der Waals surface area contributed by atoms with Crippen molar-refractivity contribution in [3.63, 3.8) is 0 Å². The topological polar surface area (TPSA) is 72.2 Å². The highest BCUT2D eigenvalue weighted by Gasteiger charge is 2.28. The second-order valence-electron chi connectivity index (χ2n) is 5.23. The molecule has 4 nitrogen and oxygen atoms in total.